The van der Waals surface area contributed by atoms with Crippen LogP contribution in [-0.2, 0) is 30.8 Å². The van der Waals surface area contributed by atoms with Gasteiger partial charge in [-0.3, -0.25) is 14.5 Å². The summed E-state index contributed by atoms with van der Waals surface area (Å²) >= 11 is 0. The first-order valence-corrected chi connectivity index (χ1v) is 11.6. The molecule has 2 aliphatic rings. The van der Waals surface area contributed by atoms with E-state index in [-0.39, 0.29) is 6.54 Å². The molecule has 0 bridgehead atoms. The number of carbonyl (C=O) groups excluding carboxylic acids is 2. The average Bonchev–Trinajstić information content (AvgIpc) is 3.12. The van der Waals surface area contributed by atoms with Crippen LogP contribution in [0.4, 0.5) is 11.4 Å². The van der Waals surface area contributed by atoms with Crippen molar-refractivity contribution >= 4 is 33.0 Å². The Morgan fingerprint density at radius 2 is 1.61 bits per heavy atom. The molecule has 0 N–H and O–H groups in total. The van der Waals surface area contributed by atoms with E-state index < -0.39 is 32.3 Å². The maximum absolute atomic E-state index is 14.0. The van der Waals surface area contributed by atoms with Gasteiger partial charge < -0.3 is 4.90 Å². The van der Waals surface area contributed by atoms with Crippen molar-refractivity contribution in [1.29, 1.82) is 0 Å². The van der Waals surface area contributed by atoms with E-state index in [1.165, 1.54) is 9.80 Å². The average molecular weight is 433 g/mol. The topological polar surface area (TPSA) is 74.8 Å². The number of hydrogen-bond donors (Lipinski definition) is 0. The fourth-order valence-corrected chi connectivity index (χ4v) is 6.61. The first kappa shape index (κ1) is 19.5. The number of fused-ring (bicyclic) bond motifs is 2. The fraction of sp³-hybridized carbons (Fsp3) is 0.167. The molecule has 156 valence electrons. The van der Waals surface area contributed by atoms with E-state index in [2.05, 4.69) is 0 Å². The number of hydrogen-bond acceptors (Lipinski definition) is 4. The maximum atomic E-state index is 14.0. The molecule has 7 heteroatoms. The van der Waals surface area contributed by atoms with E-state index in [1.54, 1.807) is 42.5 Å². The van der Waals surface area contributed by atoms with Crippen LogP contribution >= 0.6 is 0 Å². The quantitative estimate of drug-likeness (QED) is 0.637. The van der Waals surface area contributed by atoms with Gasteiger partial charge in [-0.15, -0.1) is 0 Å². The van der Waals surface area contributed by atoms with E-state index in [1.807, 2.05) is 43.3 Å². The molecule has 5 rings (SSSR count). The highest BCUT2D eigenvalue weighted by molar-refractivity contribution is 7.94. The number of anilines is 2. The second-order valence-electron chi connectivity index (χ2n) is 7.87. The Morgan fingerprint density at radius 1 is 0.903 bits per heavy atom. The lowest BCUT2D eigenvalue weighted by molar-refractivity contribution is -0.123. The first-order valence-electron chi connectivity index (χ1n) is 9.94. The van der Waals surface area contributed by atoms with Crippen molar-refractivity contribution in [2.45, 2.75) is 18.3 Å². The van der Waals surface area contributed by atoms with Gasteiger partial charge in [0.15, 0.2) is 9.84 Å². The maximum Gasteiger partial charge on any atom is 0.274 e. The van der Waals surface area contributed by atoms with E-state index in [4.69, 9.17) is 0 Å². The van der Waals surface area contributed by atoms with Gasteiger partial charge in [0.25, 0.3) is 10.8 Å². The minimum absolute atomic E-state index is 0.212. The van der Waals surface area contributed by atoms with Gasteiger partial charge in [0.2, 0.25) is 5.91 Å². The van der Waals surface area contributed by atoms with E-state index in [0.29, 0.717) is 16.9 Å². The Hall–Kier alpha value is -3.45. The number of carbonyl (C=O) groups is 2. The zero-order chi connectivity index (χ0) is 21.8. The molecule has 3 aromatic carbocycles. The van der Waals surface area contributed by atoms with Crippen LogP contribution in [0.25, 0.3) is 0 Å². The summed E-state index contributed by atoms with van der Waals surface area (Å²) < 4.78 is 27.1. The minimum Gasteiger partial charge on any atom is -0.304 e. The van der Waals surface area contributed by atoms with Crippen LogP contribution in [0, 0.1) is 6.92 Å². The van der Waals surface area contributed by atoms with Gasteiger partial charge in [-0.1, -0.05) is 60.7 Å². The van der Waals surface area contributed by atoms with Crippen LogP contribution < -0.4 is 9.80 Å². The molecule has 31 heavy (non-hydrogen) atoms. The number of benzene rings is 3. The zero-order valence-electron chi connectivity index (χ0n) is 16.9. The van der Waals surface area contributed by atoms with Crippen molar-refractivity contribution < 1.29 is 18.0 Å². The van der Waals surface area contributed by atoms with Crippen molar-refractivity contribution in [3.05, 3.63) is 95.6 Å². The molecular weight excluding hydrogens is 412 g/mol. The normalized spacial score (nSPS) is 21.7. The number of sulfone groups is 1. The predicted octanol–water partition coefficient (Wildman–Crippen LogP) is 3.16. The van der Waals surface area contributed by atoms with Crippen LogP contribution in [0.3, 0.4) is 0 Å². The van der Waals surface area contributed by atoms with Crippen LogP contribution in [0.15, 0.2) is 78.9 Å². The molecule has 2 amide bonds. The van der Waals surface area contributed by atoms with Gasteiger partial charge >= 0.3 is 0 Å². The lowest BCUT2D eigenvalue weighted by Crippen LogP contribution is -2.54. The molecule has 1 atom stereocenters. The standard InChI is InChI=1S/C24H20N2O4S/c1-17-8-7-11-19(14-17)26-22(27)16-31(29,30)24(26)20-12-5-6-13-21(20)25(23(24)28)15-18-9-3-2-4-10-18/h2-14H,15-16H2,1H3/t24-/m0/s1. The fourth-order valence-electron chi connectivity index (χ4n) is 4.58. The van der Waals surface area contributed by atoms with Crippen LogP contribution in [0.1, 0.15) is 16.7 Å². The third-order valence-corrected chi connectivity index (χ3v) is 7.97. The largest absolute Gasteiger partial charge is 0.304 e. The number of nitrogens with zero attached hydrogens (tertiary/aromatic N) is 2. The number of amides is 2. The Bertz CT molecular complexity index is 1320. The number of aryl methyl sites for hydroxylation is 1. The minimum atomic E-state index is -4.15. The molecule has 0 radical (unpaired) electrons. The summed E-state index contributed by atoms with van der Waals surface area (Å²) in [5.74, 6) is -1.93. The summed E-state index contributed by atoms with van der Waals surface area (Å²) in [5, 5.41) is 0. The van der Waals surface area contributed by atoms with E-state index >= 15 is 0 Å². The van der Waals surface area contributed by atoms with Crippen molar-refractivity contribution in [3.8, 4) is 0 Å². The van der Waals surface area contributed by atoms with Gasteiger partial charge in [0.05, 0.1) is 12.2 Å². The highest BCUT2D eigenvalue weighted by Crippen LogP contribution is 2.52. The second-order valence-corrected chi connectivity index (χ2v) is 9.97. The highest BCUT2D eigenvalue weighted by Gasteiger charge is 2.69. The Morgan fingerprint density at radius 3 is 2.35 bits per heavy atom. The van der Waals surface area contributed by atoms with Gasteiger partial charge in [-0.25, -0.2) is 8.42 Å². The van der Waals surface area contributed by atoms with Gasteiger partial charge in [0.1, 0.15) is 5.75 Å². The summed E-state index contributed by atoms with van der Waals surface area (Å²) in [4.78, 5) is 27.6. The van der Waals surface area contributed by atoms with Crippen LogP contribution in [0.5, 0.6) is 0 Å². The molecule has 0 saturated carbocycles. The summed E-state index contributed by atoms with van der Waals surface area (Å²) in [6.45, 7) is 2.07. The smallest absolute Gasteiger partial charge is 0.274 e. The summed E-state index contributed by atoms with van der Waals surface area (Å²) in [7, 11) is -4.15. The van der Waals surface area contributed by atoms with E-state index in [9.17, 15) is 18.0 Å². The molecule has 1 saturated heterocycles. The molecule has 1 spiro atoms. The molecular formula is C24H20N2O4S. The van der Waals surface area contributed by atoms with Crippen LogP contribution in [-0.4, -0.2) is 26.0 Å². The highest BCUT2D eigenvalue weighted by atomic mass is 32.2. The predicted molar refractivity (Wildman–Crippen MR) is 118 cm³/mol. The van der Waals surface area contributed by atoms with E-state index in [0.717, 1.165) is 11.1 Å². The SMILES string of the molecule is Cc1cccc(N2C(=O)CS(=O)(=O)[C@@]23C(=O)N(Cc2ccccc2)c2ccccc23)c1. The van der Waals surface area contributed by atoms with Crippen molar-refractivity contribution in [3.63, 3.8) is 0 Å². The monoisotopic (exact) mass is 432 g/mol. The third-order valence-electron chi connectivity index (χ3n) is 5.87. The van der Waals surface area contributed by atoms with Crippen molar-refractivity contribution in [2.75, 3.05) is 15.6 Å². The second kappa shape index (κ2) is 6.78. The molecule has 2 heterocycles. The van der Waals surface area contributed by atoms with Crippen LogP contribution in [0.2, 0.25) is 0 Å². The molecule has 3 aromatic rings. The Labute approximate surface area is 180 Å². The molecule has 0 aliphatic carbocycles. The third kappa shape index (κ3) is 2.66. The van der Waals surface area contributed by atoms with Crippen molar-refractivity contribution in [2.24, 2.45) is 0 Å². The molecule has 0 unspecified atom stereocenters. The van der Waals surface area contributed by atoms with Gasteiger partial charge in [-0.05, 0) is 36.2 Å². The molecule has 1 fully saturated rings. The Kier molecular flexibility index (Phi) is 4.27. The summed E-state index contributed by atoms with van der Waals surface area (Å²) in [6, 6.07) is 23.2. The molecule has 2 aliphatic heterocycles. The molecule has 0 aromatic heterocycles. The Balaban J connectivity index is 1.76. The zero-order valence-corrected chi connectivity index (χ0v) is 17.7. The lowest BCUT2D eigenvalue weighted by atomic mass is 10.0. The lowest BCUT2D eigenvalue weighted by Gasteiger charge is -2.32. The first-order chi connectivity index (χ1) is 14.9. The molecule has 6 nitrogen and oxygen atoms in total. The van der Waals surface area contributed by atoms with Crippen molar-refractivity contribution in [1.82, 2.24) is 0 Å². The van der Waals surface area contributed by atoms with Gasteiger partial charge in [0, 0.05) is 11.3 Å². The number of rotatable bonds is 3. The summed E-state index contributed by atoms with van der Waals surface area (Å²) in [6.07, 6.45) is 0. The summed E-state index contributed by atoms with van der Waals surface area (Å²) in [5.41, 5.74) is 2.96. The number of para-hydroxylation sites is 1. The van der Waals surface area contributed by atoms with Gasteiger partial charge in [-0.2, -0.15) is 0 Å².